The van der Waals surface area contributed by atoms with Gasteiger partial charge in [-0.3, -0.25) is 4.90 Å². The third-order valence-corrected chi connectivity index (χ3v) is 3.73. The molecule has 0 saturated carbocycles. The van der Waals surface area contributed by atoms with E-state index in [1.54, 1.807) is 0 Å². The highest BCUT2D eigenvalue weighted by Gasteiger charge is 2.20. The smallest absolute Gasteiger partial charge is 0.130 e. The molecule has 0 aromatic heterocycles. The zero-order valence-corrected chi connectivity index (χ0v) is 11.3. The van der Waals surface area contributed by atoms with E-state index in [9.17, 15) is 8.78 Å². The topological polar surface area (TPSA) is 32.5 Å². The summed E-state index contributed by atoms with van der Waals surface area (Å²) in [4.78, 5) is 4.61. The van der Waals surface area contributed by atoms with Crippen LogP contribution in [0.15, 0.2) is 18.2 Å². The molecule has 0 radical (unpaired) electrons. The van der Waals surface area contributed by atoms with Crippen LogP contribution in [0.5, 0.6) is 0 Å². The molecule has 2 N–H and O–H groups in total. The van der Waals surface area contributed by atoms with E-state index in [1.165, 1.54) is 12.1 Å². The molecule has 1 unspecified atom stereocenters. The maximum absolute atomic E-state index is 13.6. The summed E-state index contributed by atoms with van der Waals surface area (Å²) >= 11 is 0. The molecule has 1 aromatic carbocycles. The average Bonchev–Trinajstić information content (AvgIpc) is 2.39. The number of piperazine rings is 1. The second-order valence-corrected chi connectivity index (χ2v) is 5.01. The van der Waals surface area contributed by atoms with Crippen LogP contribution in [0.2, 0.25) is 0 Å². The van der Waals surface area contributed by atoms with E-state index in [4.69, 9.17) is 5.73 Å². The Hall–Kier alpha value is -1.04. The minimum Gasteiger partial charge on any atom is -0.323 e. The van der Waals surface area contributed by atoms with Gasteiger partial charge in [-0.05, 0) is 12.6 Å². The molecule has 1 aliphatic heterocycles. The van der Waals surface area contributed by atoms with Crippen LogP contribution in [0.3, 0.4) is 0 Å². The van der Waals surface area contributed by atoms with E-state index in [1.807, 2.05) is 0 Å². The van der Waals surface area contributed by atoms with Crippen LogP contribution in [0.1, 0.15) is 18.5 Å². The Bertz CT molecular complexity index is 417. The Labute approximate surface area is 113 Å². The molecule has 1 atom stereocenters. The van der Waals surface area contributed by atoms with Crippen molar-refractivity contribution in [3.05, 3.63) is 35.4 Å². The number of nitrogens with two attached hydrogens (primary N) is 1. The quantitative estimate of drug-likeness (QED) is 0.901. The summed E-state index contributed by atoms with van der Waals surface area (Å²) < 4.78 is 26.5. The predicted octanol–water partition coefficient (Wildman–Crippen LogP) is 1.60. The average molecular weight is 269 g/mol. The molecular weight excluding hydrogens is 248 g/mol. The Morgan fingerprint density at radius 3 is 2.37 bits per heavy atom. The number of halogens is 2. The van der Waals surface area contributed by atoms with Crippen molar-refractivity contribution in [1.82, 2.24) is 9.80 Å². The van der Waals surface area contributed by atoms with E-state index < -0.39 is 17.7 Å². The standard InChI is InChI=1S/C14H21F2N3/c1-2-18-5-7-19(8-6-18)10-14(17)12-4-3-11(15)9-13(12)16/h3-4,9,14H,2,5-8,10,17H2,1H3. The normalized spacial score (nSPS) is 19.6. The SMILES string of the molecule is CCN1CCN(CC(N)c2ccc(F)cc2F)CC1. The van der Waals surface area contributed by atoms with Crippen molar-refractivity contribution in [2.75, 3.05) is 39.3 Å². The van der Waals surface area contributed by atoms with Gasteiger partial charge in [-0.2, -0.15) is 0 Å². The molecule has 0 spiro atoms. The van der Waals surface area contributed by atoms with Gasteiger partial charge in [0.25, 0.3) is 0 Å². The van der Waals surface area contributed by atoms with Crippen molar-refractivity contribution in [3.63, 3.8) is 0 Å². The van der Waals surface area contributed by atoms with Crippen molar-refractivity contribution in [3.8, 4) is 0 Å². The third-order valence-electron chi connectivity index (χ3n) is 3.73. The summed E-state index contributed by atoms with van der Waals surface area (Å²) in [6, 6.07) is 3.18. The molecule has 0 bridgehead atoms. The maximum atomic E-state index is 13.6. The zero-order chi connectivity index (χ0) is 13.8. The molecule has 0 amide bonds. The first-order valence-corrected chi connectivity index (χ1v) is 6.75. The van der Waals surface area contributed by atoms with Gasteiger partial charge in [-0.15, -0.1) is 0 Å². The van der Waals surface area contributed by atoms with Crippen LogP contribution in [-0.2, 0) is 0 Å². The van der Waals surface area contributed by atoms with Gasteiger partial charge in [0.15, 0.2) is 0 Å². The second kappa shape index (κ2) is 6.41. The van der Waals surface area contributed by atoms with Crippen LogP contribution >= 0.6 is 0 Å². The summed E-state index contributed by atoms with van der Waals surface area (Å²) in [5.41, 5.74) is 6.41. The lowest BCUT2D eigenvalue weighted by molar-refractivity contribution is 0.131. The zero-order valence-electron chi connectivity index (χ0n) is 11.3. The first-order valence-electron chi connectivity index (χ1n) is 6.75. The number of hydrogen-bond donors (Lipinski definition) is 1. The molecule has 106 valence electrons. The van der Waals surface area contributed by atoms with Crippen LogP contribution < -0.4 is 5.73 Å². The summed E-state index contributed by atoms with van der Waals surface area (Å²) in [6.07, 6.45) is 0. The lowest BCUT2D eigenvalue weighted by atomic mass is 10.1. The van der Waals surface area contributed by atoms with Gasteiger partial charge < -0.3 is 10.6 Å². The van der Waals surface area contributed by atoms with Gasteiger partial charge >= 0.3 is 0 Å². The molecule has 1 aromatic rings. The maximum Gasteiger partial charge on any atom is 0.130 e. The van der Waals surface area contributed by atoms with E-state index in [2.05, 4.69) is 16.7 Å². The van der Waals surface area contributed by atoms with Crippen molar-refractivity contribution in [1.29, 1.82) is 0 Å². The monoisotopic (exact) mass is 269 g/mol. The molecule has 1 fully saturated rings. The number of nitrogens with zero attached hydrogens (tertiary/aromatic N) is 2. The van der Waals surface area contributed by atoms with Gasteiger partial charge in [0, 0.05) is 50.4 Å². The Balaban J connectivity index is 1.92. The van der Waals surface area contributed by atoms with Crippen LogP contribution in [0.4, 0.5) is 8.78 Å². The van der Waals surface area contributed by atoms with Gasteiger partial charge in [0.05, 0.1) is 0 Å². The third kappa shape index (κ3) is 3.72. The molecule has 2 rings (SSSR count). The first kappa shape index (κ1) is 14.4. The number of benzene rings is 1. The molecule has 5 heteroatoms. The van der Waals surface area contributed by atoms with Crippen molar-refractivity contribution in [2.24, 2.45) is 5.73 Å². The Kier molecular flexibility index (Phi) is 4.85. The fourth-order valence-corrected chi connectivity index (χ4v) is 2.47. The first-order chi connectivity index (χ1) is 9.10. The Morgan fingerprint density at radius 1 is 1.16 bits per heavy atom. The van der Waals surface area contributed by atoms with Crippen LogP contribution in [0.25, 0.3) is 0 Å². The van der Waals surface area contributed by atoms with Crippen LogP contribution in [-0.4, -0.2) is 49.1 Å². The highest BCUT2D eigenvalue weighted by atomic mass is 19.1. The van der Waals surface area contributed by atoms with Gasteiger partial charge in [0.1, 0.15) is 11.6 Å². The summed E-state index contributed by atoms with van der Waals surface area (Å²) in [6.45, 7) is 7.76. The van der Waals surface area contributed by atoms with Gasteiger partial charge in [-0.25, -0.2) is 8.78 Å². The number of rotatable bonds is 4. The molecule has 1 heterocycles. The molecule has 3 nitrogen and oxygen atoms in total. The fraction of sp³-hybridized carbons (Fsp3) is 0.571. The van der Waals surface area contributed by atoms with E-state index in [-0.39, 0.29) is 0 Å². The highest BCUT2D eigenvalue weighted by molar-refractivity contribution is 5.22. The summed E-state index contributed by atoms with van der Waals surface area (Å²) in [5.74, 6) is -1.12. The molecule has 1 aliphatic rings. The van der Waals surface area contributed by atoms with E-state index in [0.717, 1.165) is 38.8 Å². The minimum absolute atomic E-state index is 0.388. The number of hydrogen-bond acceptors (Lipinski definition) is 3. The molecule has 1 saturated heterocycles. The molecule has 0 aliphatic carbocycles. The van der Waals surface area contributed by atoms with Crippen LogP contribution in [0, 0.1) is 11.6 Å². The largest absolute Gasteiger partial charge is 0.323 e. The summed E-state index contributed by atoms with van der Waals surface area (Å²) in [7, 11) is 0. The molecule has 19 heavy (non-hydrogen) atoms. The number of likely N-dealkylation sites (N-methyl/N-ethyl adjacent to an activating group) is 1. The summed E-state index contributed by atoms with van der Waals surface area (Å²) in [5, 5.41) is 0. The van der Waals surface area contributed by atoms with Gasteiger partial charge in [0.2, 0.25) is 0 Å². The fourth-order valence-electron chi connectivity index (χ4n) is 2.47. The lowest BCUT2D eigenvalue weighted by Crippen LogP contribution is -2.48. The van der Waals surface area contributed by atoms with Gasteiger partial charge in [-0.1, -0.05) is 13.0 Å². The van der Waals surface area contributed by atoms with E-state index in [0.29, 0.717) is 12.1 Å². The van der Waals surface area contributed by atoms with Crippen molar-refractivity contribution in [2.45, 2.75) is 13.0 Å². The lowest BCUT2D eigenvalue weighted by Gasteiger charge is -2.35. The van der Waals surface area contributed by atoms with Crippen molar-refractivity contribution >= 4 is 0 Å². The minimum atomic E-state index is -0.565. The van der Waals surface area contributed by atoms with E-state index >= 15 is 0 Å². The highest BCUT2D eigenvalue weighted by Crippen LogP contribution is 2.18. The second-order valence-electron chi connectivity index (χ2n) is 5.01. The molecular formula is C14H21F2N3. The Morgan fingerprint density at radius 2 is 1.79 bits per heavy atom. The predicted molar refractivity (Wildman–Crippen MR) is 71.8 cm³/mol. The van der Waals surface area contributed by atoms with Crippen molar-refractivity contribution < 1.29 is 8.78 Å².